The monoisotopic (exact) mass is 177 g/mol. The number of anilines is 1. The Morgan fingerprint density at radius 3 is 2.23 bits per heavy atom. The third kappa shape index (κ3) is 3.10. The van der Waals surface area contributed by atoms with E-state index in [1.807, 2.05) is 0 Å². The Morgan fingerprint density at radius 2 is 1.77 bits per heavy atom. The van der Waals surface area contributed by atoms with Crippen molar-refractivity contribution in [2.45, 2.75) is 20.8 Å². The fourth-order valence-electron chi connectivity index (χ4n) is 1.50. The van der Waals surface area contributed by atoms with Gasteiger partial charge in [-0.15, -0.1) is 0 Å². The lowest BCUT2D eigenvalue weighted by Gasteiger charge is -2.24. The van der Waals surface area contributed by atoms with Crippen LogP contribution in [0.3, 0.4) is 0 Å². The molecule has 1 heteroatoms. The number of hydrogen-bond acceptors (Lipinski definition) is 1. The molecule has 0 aliphatic heterocycles. The molecule has 13 heavy (non-hydrogen) atoms. The van der Waals surface area contributed by atoms with Gasteiger partial charge in [-0.25, -0.2) is 0 Å². The van der Waals surface area contributed by atoms with Crippen molar-refractivity contribution < 1.29 is 0 Å². The predicted molar refractivity (Wildman–Crippen MR) is 59.2 cm³/mol. The van der Waals surface area contributed by atoms with Crippen molar-refractivity contribution in [1.82, 2.24) is 0 Å². The van der Waals surface area contributed by atoms with Crippen molar-refractivity contribution in [3.63, 3.8) is 0 Å². The SMILES string of the molecule is CCN(CC(C)C)c1ccccc1. The summed E-state index contributed by atoms with van der Waals surface area (Å²) in [6.07, 6.45) is 0. The van der Waals surface area contributed by atoms with Crippen LogP contribution in [0, 0.1) is 5.92 Å². The molecule has 72 valence electrons. The van der Waals surface area contributed by atoms with Gasteiger partial charge in [-0.1, -0.05) is 32.0 Å². The Morgan fingerprint density at radius 1 is 1.15 bits per heavy atom. The smallest absolute Gasteiger partial charge is 0.0366 e. The van der Waals surface area contributed by atoms with Crippen molar-refractivity contribution in [3.8, 4) is 0 Å². The molecular formula is C12H19N. The minimum absolute atomic E-state index is 0.722. The first-order chi connectivity index (χ1) is 6.24. The minimum atomic E-state index is 0.722. The summed E-state index contributed by atoms with van der Waals surface area (Å²) in [6, 6.07) is 10.6. The number of hydrogen-bond donors (Lipinski definition) is 0. The van der Waals surface area contributed by atoms with Crippen molar-refractivity contribution in [2.24, 2.45) is 5.92 Å². The summed E-state index contributed by atoms with van der Waals surface area (Å²) in [5.74, 6) is 0.722. The van der Waals surface area contributed by atoms with Crippen LogP contribution in [-0.2, 0) is 0 Å². The highest BCUT2D eigenvalue weighted by Crippen LogP contribution is 2.14. The molecule has 0 amide bonds. The van der Waals surface area contributed by atoms with Gasteiger partial charge in [-0.2, -0.15) is 0 Å². The molecule has 1 rings (SSSR count). The first kappa shape index (κ1) is 10.1. The first-order valence-electron chi connectivity index (χ1n) is 5.04. The van der Waals surface area contributed by atoms with E-state index in [0.29, 0.717) is 0 Å². The first-order valence-corrected chi connectivity index (χ1v) is 5.04. The molecule has 0 aromatic heterocycles. The molecule has 1 aromatic rings. The highest BCUT2D eigenvalue weighted by molar-refractivity contribution is 5.45. The molecule has 0 saturated carbocycles. The molecule has 0 atom stereocenters. The Hall–Kier alpha value is -0.980. The second-order valence-corrected chi connectivity index (χ2v) is 3.77. The quantitative estimate of drug-likeness (QED) is 0.682. The topological polar surface area (TPSA) is 3.24 Å². The van der Waals surface area contributed by atoms with E-state index >= 15 is 0 Å². The number of rotatable bonds is 4. The van der Waals surface area contributed by atoms with Gasteiger partial charge in [0.05, 0.1) is 0 Å². The maximum Gasteiger partial charge on any atom is 0.0366 e. The molecule has 1 nitrogen and oxygen atoms in total. The zero-order chi connectivity index (χ0) is 9.68. The van der Waals surface area contributed by atoms with Crippen LogP contribution in [-0.4, -0.2) is 13.1 Å². The van der Waals surface area contributed by atoms with Gasteiger partial charge in [-0.05, 0) is 25.0 Å². The fourth-order valence-corrected chi connectivity index (χ4v) is 1.50. The summed E-state index contributed by atoms with van der Waals surface area (Å²) in [7, 11) is 0. The third-order valence-electron chi connectivity index (χ3n) is 2.09. The lowest BCUT2D eigenvalue weighted by molar-refractivity contribution is 0.619. The van der Waals surface area contributed by atoms with Gasteiger partial charge >= 0.3 is 0 Å². The van der Waals surface area contributed by atoms with E-state index in [0.717, 1.165) is 19.0 Å². The predicted octanol–water partition coefficient (Wildman–Crippen LogP) is 3.17. The fraction of sp³-hybridized carbons (Fsp3) is 0.500. The van der Waals surface area contributed by atoms with Gasteiger partial charge in [0.1, 0.15) is 0 Å². The molecule has 0 bridgehead atoms. The van der Waals surface area contributed by atoms with Gasteiger partial charge in [0.25, 0.3) is 0 Å². The molecule has 0 fully saturated rings. The molecule has 0 N–H and O–H groups in total. The largest absolute Gasteiger partial charge is 0.372 e. The highest BCUT2D eigenvalue weighted by Gasteiger charge is 2.04. The van der Waals surface area contributed by atoms with Gasteiger partial charge in [0.15, 0.2) is 0 Å². The van der Waals surface area contributed by atoms with E-state index in [4.69, 9.17) is 0 Å². The maximum atomic E-state index is 2.41. The summed E-state index contributed by atoms with van der Waals surface area (Å²) in [5, 5.41) is 0. The number of para-hydroxylation sites is 1. The molecular weight excluding hydrogens is 158 g/mol. The van der Waals surface area contributed by atoms with Crippen molar-refractivity contribution >= 4 is 5.69 Å². The molecule has 0 aliphatic carbocycles. The standard InChI is InChI=1S/C12H19N/c1-4-13(10-11(2)3)12-8-6-5-7-9-12/h5-9,11H,4,10H2,1-3H3. The normalized spacial score (nSPS) is 10.5. The Bertz CT molecular complexity index is 228. The van der Waals surface area contributed by atoms with Gasteiger partial charge in [-0.3, -0.25) is 0 Å². The van der Waals surface area contributed by atoms with E-state index in [-0.39, 0.29) is 0 Å². The number of benzene rings is 1. The highest BCUT2D eigenvalue weighted by atomic mass is 15.1. The molecule has 0 aliphatic rings. The third-order valence-corrected chi connectivity index (χ3v) is 2.09. The van der Waals surface area contributed by atoms with Gasteiger partial charge in [0, 0.05) is 18.8 Å². The molecule has 0 spiro atoms. The molecule has 0 saturated heterocycles. The lowest BCUT2D eigenvalue weighted by atomic mass is 10.2. The van der Waals surface area contributed by atoms with Gasteiger partial charge in [0.2, 0.25) is 0 Å². The van der Waals surface area contributed by atoms with Crippen molar-refractivity contribution in [3.05, 3.63) is 30.3 Å². The van der Waals surface area contributed by atoms with Crippen LogP contribution < -0.4 is 4.90 Å². The maximum absolute atomic E-state index is 2.41. The molecule has 0 radical (unpaired) electrons. The van der Waals surface area contributed by atoms with Crippen molar-refractivity contribution in [1.29, 1.82) is 0 Å². The zero-order valence-corrected chi connectivity index (χ0v) is 8.83. The molecule has 0 unspecified atom stereocenters. The lowest BCUT2D eigenvalue weighted by Crippen LogP contribution is -2.26. The van der Waals surface area contributed by atoms with Crippen LogP contribution in [0.5, 0.6) is 0 Å². The van der Waals surface area contributed by atoms with E-state index in [2.05, 4.69) is 56.0 Å². The summed E-state index contributed by atoms with van der Waals surface area (Å²) < 4.78 is 0. The average Bonchev–Trinajstić information content (AvgIpc) is 2.15. The molecule has 1 aromatic carbocycles. The Kier molecular flexibility index (Phi) is 3.81. The number of nitrogens with zero attached hydrogens (tertiary/aromatic N) is 1. The van der Waals surface area contributed by atoms with E-state index in [1.165, 1.54) is 5.69 Å². The van der Waals surface area contributed by atoms with Crippen LogP contribution in [0.15, 0.2) is 30.3 Å². The summed E-state index contributed by atoms with van der Waals surface area (Å²) in [4.78, 5) is 2.41. The van der Waals surface area contributed by atoms with Crippen LogP contribution in [0.25, 0.3) is 0 Å². The van der Waals surface area contributed by atoms with Crippen LogP contribution in [0.4, 0.5) is 5.69 Å². The Balaban J connectivity index is 2.67. The van der Waals surface area contributed by atoms with Crippen LogP contribution in [0.1, 0.15) is 20.8 Å². The van der Waals surface area contributed by atoms with Crippen molar-refractivity contribution in [2.75, 3.05) is 18.0 Å². The second kappa shape index (κ2) is 4.90. The van der Waals surface area contributed by atoms with Gasteiger partial charge < -0.3 is 4.90 Å². The van der Waals surface area contributed by atoms with E-state index in [9.17, 15) is 0 Å². The van der Waals surface area contributed by atoms with E-state index in [1.54, 1.807) is 0 Å². The van der Waals surface area contributed by atoms with Crippen LogP contribution >= 0.6 is 0 Å². The van der Waals surface area contributed by atoms with E-state index < -0.39 is 0 Å². The minimum Gasteiger partial charge on any atom is -0.372 e. The summed E-state index contributed by atoms with van der Waals surface area (Å²) in [5.41, 5.74) is 1.33. The Labute approximate surface area is 81.4 Å². The molecule has 0 heterocycles. The average molecular weight is 177 g/mol. The van der Waals surface area contributed by atoms with Crippen LogP contribution in [0.2, 0.25) is 0 Å². The summed E-state index contributed by atoms with van der Waals surface area (Å²) >= 11 is 0. The summed E-state index contributed by atoms with van der Waals surface area (Å²) in [6.45, 7) is 8.94. The zero-order valence-electron chi connectivity index (χ0n) is 8.83. The second-order valence-electron chi connectivity index (χ2n) is 3.77.